The van der Waals surface area contributed by atoms with E-state index in [1.54, 1.807) is 19.5 Å². The van der Waals surface area contributed by atoms with Gasteiger partial charge in [0.25, 0.3) is 5.91 Å². The molecule has 1 N–H and O–H groups in total. The number of carbonyl (C=O) groups is 1. The topological polar surface area (TPSA) is 80.3 Å². The number of halogens is 1. The first-order chi connectivity index (χ1) is 16.6. The van der Waals surface area contributed by atoms with Crippen molar-refractivity contribution in [2.45, 2.75) is 19.5 Å². The highest BCUT2D eigenvalue weighted by molar-refractivity contribution is 6.30. The molecule has 1 aliphatic heterocycles. The fraction of sp³-hybridized carbons (Fsp3) is 0.192. The van der Waals surface area contributed by atoms with Crippen molar-refractivity contribution in [3.8, 4) is 22.8 Å². The number of ether oxygens (including phenoxy) is 2. The molecule has 0 saturated heterocycles. The van der Waals surface area contributed by atoms with Crippen molar-refractivity contribution in [3.63, 3.8) is 0 Å². The van der Waals surface area contributed by atoms with Crippen molar-refractivity contribution >= 4 is 17.5 Å². The lowest BCUT2D eigenvalue weighted by atomic mass is 9.95. The number of amides is 1. The van der Waals surface area contributed by atoms with Crippen LogP contribution in [0.5, 0.6) is 11.5 Å². The number of hydrogen-bond donors (Lipinski definition) is 1. The first-order valence-corrected chi connectivity index (χ1v) is 11.3. The summed E-state index contributed by atoms with van der Waals surface area (Å²) in [6, 6.07) is 16.7. The fourth-order valence-electron chi connectivity index (χ4n) is 4.35. The first-order valence-electron chi connectivity index (χ1n) is 11.0. The maximum absolute atomic E-state index is 13.6. The van der Waals surface area contributed by atoms with Crippen LogP contribution in [0.1, 0.15) is 40.1 Å². The summed E-state index contributed by atoms with van der Waals surface area (Å²) >= 11 is 6.10. The van der Waals surface area contributed by atoms with Crippen molar-refractivity contribution < 1.29 is 14.3 Å². The van der Waals surface area contributed by atoms with E-state index in [0.29, 0.717) is 35.4 Å². The van der Waals surface area contributed by atoms with Crippen LogP contribution in [0.3, 0.4) is 0 Å². The predicted molar refractivity (Wildman–Crippen MR) is 129 cm³/mol. The number of hydrogen-bond acceptors (Lipinski definition) is 5. The third-order valence-electron chi connectivity index (χ3n) is 5.89. The Morgan fingerprint density at radius 3 is 2.53 bits per heavy atom. The molecular formula is C26H23ClN4O3. The van der Waals surface area contributed by atoms with Crippen molar-refractivity contribution in [1.29, 1.82) is 0 Å². The van der Waals surface area contributed by atoms with Crippen molar-refractivity contribution in [2.24, 2.45) is 0 Å². The second-order valence-electron chi connectivity index (χ2n) is 7.90. The molecule has 34 heavy (non-hydrogen) atoms. The molecule has 2 aromatic heterocycles. The van der Waals surface area contributed by atoms with Crippen molar-refractivity contribution in [1.82, 2.24) is 20.1 Å². The van der Waals surface area contributed by atoms with Crippen LogP contribution >= 0.6 is 11.6 Å². The van der Waals surface area contributed by atoms with Crippen molar-refractivity contribution in [3.05, 3.63) is 94.4 Å². The molecule has 0 saturated carbocycles. The number of rotatable bonds is 7. The lowest BCUT2D eigenvalue weighted by Gasteiger charge is -2.27. The molecule has 1 atom stereocenters. The van der Waals surface area contributed by atoms with E-state index in [4.69, 9.17) is 21.1 Å². The lowest BCUT2D eigenvalue weighted by molar-refractivity contribution is 0.0730. The molecule has 8 heteroatoms. The lowest BCUT2D eigenvalue weighted by Crippen LogP contribution is -2.29. The van der Waals surface area contributed by atoms with E-state index in [1.165, 1.54) is 0 Å². The molecule has 1 amide bonds. The number of aromatic nitrogens is 3. The standard InChI is InChI=1S/C26H23ClN4O3/c1-3-34-20-9-6-18(14-21(20)33-2)25-22-23(17-4-7-19(27)8-5-17)29-30-24(22)26(32)31(25)15-16-10-12-28-13-11-16/h4-14,25H,3,15H2,1-2H3,(H,29,30). The van der Waals surface area contributed by atoms with Crippen LogP contribution in [-0.4, -0.2) is 39.7 Å². The number of benzene rings is 2. The summed E-state index contributed by atoms with van der Waals surface area (Å²) in [5.41, 5.74) is 4.79. The molecule has 172 valence electrons. The predicted octanol–water partition coefficient (Wildman–Crippen LogP) is 5.28. The number of fused-ring (bicyclic) bond motifs is 1. The Morgan fingerprint density at radius 2 is 1.82 bits per heavy atom. The Balaban J connectivity index is 1.65. The van der Waals surface area contributed by atoms with E-state index < -0.39 is 0 Å². The van der Waals surface area contributed by atoms with Gasteiger partial charge in [0, 0.05) is 35.1 Å². The molecule has 5 rings (SSSR count). The average Bonchev–Trinajstić information content (AvgIpc) is 3.40. The smallest absolute Gasteiger partial charge is 0.273 e. The Hall–Kier alpha value is -3.84. The number of H-pyrrole nitrogens is 1. The molecule has 0 aliphatic carbocycles. The second-order valence-corrected chi connectivity index (χ2v) is 8.34. The van der Waals surface area contributed by atoms with Gasteiger partial charge in [-0.3, -0.25) is 14.9 Å². The molecule has 7 nitrogen and oxygen atoms in total. The van der Waals surface area contributed by atoms with E-state index in [-0.39, 0.29) is 11.9 Å². The summed E-state index contributed by atoms with van der Waals surface area (Å²) in [5.74, 6) is 1.15. The van der Waals surface area contributed by atoms with Gasteiger partial charge in [0.05, 0.1) is 25.5 Å². The quantitative estimate of drug-likeness (QED) is 0.394. The summed E-state index contributed by atoms with van der Waals surface area (Å²) in [6.07, 6.45) is 3.45. The van der Waals surface area contributed by atoms with Crippen LogP contribution in [-0.2, 0) is 6.54 Å². The summed E-state index contributed by atoms with van der Waals surface area (Å²) in [5, 5.41) is 8.13. The zero-order chi connectivity index (χ0) is 23.7. The molecule has 1 unspecified atom stereocenters. The molecule has 0 fully saturated rings. The van der Waals surface area contributed by atoms with E-state index in [9.17, 15) is 4.79 Å². The van der Waals surface area contributed by atoms with Gasteiger partial charge in [0.2, 0.25) is 0 Å². The van der Waals surface area contributed by atoms with Gasteiger partial charge >= 0.3 is 0 Å². The second kappa shape index (κ2) is 9.19. The van der Waals surface area contributed by atoms with Gasteiger partial charge in [0.15, 0.2) is 11.5 Å². The largest absolute Gasteiger partial charge is 0.493 e. The Kier molecular flexibility index (Phi) is 5.94. The first kappa shape index (κ1) is 22.0. The average molecular weight is 475 g/mol. The minimum absolute atomic E-state index is 0.114. The van der Waals surface area contributed by atoms with Crippen LogP contribution in [0.25, 0.3) is 11.3 Å². The monoisotopic (exact) mass is 474 g/mol. The van der Waals surface area contributed by atoms with Crippen molar-refractivity contribution in [2.75, 3.05) is 13.7 Å². The van der Waals surface area contributed by atoms with Gasteiger partial charge in [-0.05, 0) is 54.4 Å². The number of pyridine rings is 1. The highest BCUT2D eigenvalue weighted by atomic mass is 35.5. The van der Waals surface area contributed by atoms with Gasteiger partial charge in [0.1, 0.15) is 5.69 Å². The normalized spacial score (nSPS) is 14.9. The van der Waals surface area contributed by atoms with E-state index >= 15 is 0 Å². The number of carbonyl (C=O) groups excluding carboxylic acids is 1. The van der Waals surface area contributed by atoms with E-state index in [2.05, 4.69) is 15.2 Å². The third-order valence-corrected chi connectivity index (χ3v) is 6.14. The van der Waals surface area contributed by atoms with Crippen LogP contribution in [0.4, 0.5) is 0 Å². The van der Waals surface area contributed by atoms with Gasteiger partial charge < -0.3 is 14.4 Å². The molecule has 0 bridgehead atoms. The Bertz CT molecular complexity index is 1320. The van der Waals surface area contributed by atoms with Gasteiger partial charge in [-0.15, -0.1) is 0 Å². The number of nitrogens with zero attached hydrogens (tertiary/aromatic N) is 3. The summed E-state index contributed by atoms with van der Waals surface area (Å²) in [4.78, 5) is 19.5. The van der Waals surface area contributed by atoms with Crippen LogP contribution in [0, 0.1) is 0 Å². The molecule has 0 spiro atoms. The van der Waals surface area contributed by atoms with E-state index in [0.717, 1.165) is 27.9 Å². The van der Waals surface area contributed by atoms with Gasteiger partial charge in [-0.25, -0.2) is 0 Å². The van der Waals surface area contributed by atoms with Crippen LogP contribution < -0.4 is 9.47 Å². The van der Waals surface area contributed by atoms with Crippen LogP contribution in [0.15, 0.2) is 67.0 Å². The maximum atomic E-state index is 13.6. The molecule has 1 aliphatic rings. The number of aromatic amines is 1. The van der Waals surface area contributed by atoms with E-state index in [1.807, 2.05) is 66.4 Å². The minimum Gasteiger partial charge on any atom is -0.493 e. The summed E-state index contributed by atoms with van der Waals surface area (Å²) < 4.78 is 11.3. The third kappa shape index (κ3) is 3.88. The zero-order valence-electron chi connectivity index (χ0n) is 18.8. The fourth-order valence-corrected chi connectivity index (χ4v) is 4.47. The number of nitrogens with one attached hydrogen (secondary N) is 1. The number of methoxy groups -OCH3 is 1. The Labute approximate surface area is 202 Å². The van der Waals surface area contributed by atoms with Gasteiger partial charge in [-0.2, -0.15) is 5.10 Å². The SMILES string of the molecule is CCOc1ccc(C2c3c(-c4ccc(Cl)cc4)n[nH]c3C(=O)N2Cc2ccncc2)cc1OC. The molecule has 4 aromatic rings. The van der Waals surface area contributed by atoms with Gasteiger partial charge in [-0.1, -0.05) is 29.8 Å². The van der Waals surface area contributed by atoms with Crippen LogP contribution in [0.2, 0.25) is 5.02 Å². The molecule has 3 heterocycles. The zero-order valence-corrected chi connectivity index (χ0v) is 19.5. The molecular weight excluding hydrogens is 452 g/mol. The highest BCUT2D eigenvalue weighted by Crippen LogP contribution is 2.45. The molecule has 2 aromatic carbocycles. The summed E-state index contributed by atoms with van der Waals surface area (Å²) in [6.45, 7) is 2.87. The summed E-state index contributed by atoms with van der Waals surface area (Å²) in [7, 11) is 1.61. The minimum atomic E-state index is -0.371. The highest BCUT2D eigenvalue weighted by Gasteiger charge is 2.42. The maximum Gasteiger partial charge on any atom is 0.273 e. The molecule has 0 radical (unpaired) electrons. The Morgan fingerprint density at radius 1 is 1.06 bits per heavy atom.